The molecule has 0 unspecified atom stereocenters. The number of rotatable bonds is 5. The summed E-state index contributed by atoms with van der Waals surface area (Å²) in [5, 5.41) is 9.18. The topological polar surface area (TPSA) is 70.2 Å². The molecular formula is C24H20ClN3O2S. The van der Waals surface area contributed by atoms with Gasteiger partial charge in [0, 0.05) is 28.0 Å². The molecule has 5 nitrogen and oxygen atoms in total. The van der Waals surface area contributed by atoms with Gasteiger partial charge in [0.25, 0.3) is 5.91 Å². The van der Waals surface area contributed by atoms with Crippen molar-refractivity contribution < 1.29 is 9.59 Å². The summed E-state index contributed by atoms with van der Waals surface area (Å²) in [7, 11) is 0. The molecule has 3 aromatic carbocycles. The van der Waals surface area contributed by atoms with Gasteiger partial charge in [-0.15, -0.1) is 0 Å². The molecule has 0 atom stereocenters. The molecule has 0 heterocycles. The fourth-order valence-corrected chi connectivity index (χ4v) is 3.07. The van der Waals surface area contributed by atoms with Gasteiger partial charge in [-0.1, -0.05) is 41.9 Å². The molecule has 0 aliphatic heterocycles. The minimum absolute atomic E-state index is 0.169. The predicted octanol–water partition coefficient (Wildman–Crippen LogP) is 5.43. The van der Waals surface area contributed by atoms with Gasteiger partial charge in [0.15, 0.2) is 5.11 Å². The first-order valence-corrected chi connectivity index (χ1v) is 10.2. The maximum atomic E-state index is 12.4. The fraction of sp³-hybridized carbons (Fsp3) is 0.0417. The van der Waals surface area contributed by atoms with Crippen molar-refractivity contribution in [2.45, 2.75) is 6.92 Å². The van der Waals surface area contributed by atoms with Gasteiger partial charge in [0.05, 0.1) is 0 Å². The van der Waals surface area contributed by atoms with E-state index in [1.807, 2.05) is 37.3 Å². The molecule has 0 bridgehead atoms. The number of amides is 2. The monoisotopic (exact) mass is 449 g/mol. The first-order chi connectivity index (χ1) is 14.9. The highest BCUT2D eigenvalue weighted by Gasteiger charge is 2.08. The Hall–Kier alpha value is -3.48. The van der Waals surface area contributed by atoms with Crippen LogP contribution in [0.1, 0.15) is 21.5 Å². The van der Waals surface area contributed by atoms with Crippen LogP contribution in [0.4, 0.5) is 11.4 Å². The zero-order valence-corrected chi connectivity index (χ0v) is 18.3. The van der Waals surface area contributed by atoms with Crippen molar-refractivity contribution >= 4 is 58.2 Å². The number of nitrogens with one attached hydrogen (secondary N) is 3. The summed E-state index contributed by atoms with van der Waals surface area (Å²) < 4.78 is 0. The van der Waals surface area contributed by atoms with Crippen LogP contribution in [0.15, 0.2) is 78.9 Å². The Balaban J connectivity index is 1.51. The van der Waals surface area contributed by atoms with Crippen LogP contribution in [0.25, 0.3) is 6.08 Å². The Morgan fingerprint density at radius 1 is 0.871 bits per heavy atom. The Morgan fingerprint density at radius 2 is 1.48 bits per heavy atom. The summed E-state index contributed by atoms with van der Waals surface area (Å²) in [5.74, 6) is -0.524. The molecule has 0 saturated heterocycles. The minimum atomic E-state index is -0.352. The van der Waals surface area contributed by atoms with Gasteiger partial charge in [-0.3, -0.25) is 14.9 Å². The molecule has 156 valence electrons. The zero-order chi connectivity index (χ0) is 22.2. The third kappa shape index (κ3) is 6.77. The van der Waals surface area contributed by atoms with Crippen LogP contribution in [-0.2, 0) is 4.79 Å². The summed E-state index contributed by atoms with van der Waals surface area (Å²) in [6.45, 7) is 1.89. The van der Waals surface area contributed by atoms with Crippen molar-refractivity contribution in [2.24, 2.45) is 0 Å². The molecule has 0 fully saturated rings. The van der Waals surface area contributed by atoms with Gasteiger partial charge in [0.1, 0.15) is 0 Å². The molecule has 0 aliphatic rings. The van der Waals surface area contributed by atoms with Gasteiger partial charge < -0.3 is 10.6 Å². The van der Waals surface area contributed by atoms with Gasteiger partial charge in [-0.05, 0) is 78.8 Å². The van der Waals surface area contributed by atoms with Crippen molar-refractivity contribution in [3.8, 4) is 0 Å². The lowest BCUT2D eigenvalue weighted by Gasteiger charge is -2.10. The van der Waals surface area contributed by atoms with Crippen LogP contribution in [-0.4, -0.2) is 16.9 Å². The SMILES string of the molecule is Cc1ccccc1C(=O)Nc1ccc(NC(=S)NC(=O)/C=C/c2ccc(Cl)cc2)cc1. The Bertz CT molecular complexity index is 1130. The summed E-state index contributed by atoms with van der Waals surface area (Å²) in [6, 6.07) is 21.5. The van der Waals surface area contributed by atoms with Crippen LogP contribution in [0.5, 0.6) is 0 Å². The van der Waals surface area contributed by atoms with E-state index in [2.05, 4.69) is 16.0 Å². The molecule has 0 saturated carbocycles. The molecule has 3 rings (SSSR count). The molecule has 2 amide bonds. The third-order valence-corrected chi connectivity index (χ3v) is 4.78. The first kappa shape index (κ1) is 22.2. The van der Waals surface area contributed by atoms with Crippen LogP contribution in [0.2, 0.25) is 5.02 Å². The van der Waals surface area contributed by atoms with E-state index in [1.165, 1.54) is 6.08 Å². The second-order valence-corrected chi connectivity index (χ2v) is 7.52. The lowest BCUT2D eigenvalue weighted by molar-refractivity contribution is -0.115. The number of hydrogen-bond acceptors (Lipinski definition) is 3. The van der Waals surface area contributed by atoms with Gasteiger partial charge in [0.2, 0.25) is 5.91 Å². The maximum Gasteiger partial charge on any atom is 0.255 e. The summed E-state index contributed by atoms with van der Waals surface area (Å²) >= 11 is 11.0. The molecule has 7 heteroatoms. The lowest BCUT2D eigenvalue weighted by Crippen LogP contribution is -2.32. The second kappa shape index (κ2) is 10.5. The van der Waals surface area contributed by atoms with Crippen molar-refractivity contribution in [1.82, 2.24) is 5.32 Å². The summed E-state index contributed by atoms with van der Waals surface area (Å²) in [5.41, 5.74) is 3.71. The summed E-state index contributed by atoms with van der Waals surface area (Å²) in [6.07, 6.45) is 3.06. The molecule has 0 aromatic heterocycles. The minimum Gasteiger partial charge on any atom is -0.332 e. The Morgan fingerprint density at radius 3 is 2.13 bits per heavy atom. The highest BCUT2D eigenvalue weighted by Crippen LogP contribution is 2.16. The van der Waals surface area contributed by atoms with Crippen LogP contribution in [0.3, 0.4) is 0 Å². The van der Waals surface area contributed by atoms with Crippen LogP contribution < -0.4 is 16.0 Å². The molecule has 0 aliphatic carbocycles. The molecular weight excluding hydrogens is 430 g/mol. The van der Waals surface area contributed by atoms with E-state index in [4.69, 9.17) is 23.8 Å². The van der Waals surface area contributed by atoms with Crippen LogP contribution >= 0.6 is 23.8 Å². The third-order valence-electron chi connectivity index (χ3n) is 4.32. The van der Waals surface area contributed by atoms with E-state index in [0.717, 1.165) is 11.1 Å². The van der Waals surface area contributed by atoms with E-state index in [9.17, 15) is 9.59 Å². The number of hydrogen-bond donors (Lipinski definition) is 3. The van der Waals surface area contributed by atoms with E-state index in [1.54, 1.807) is 48.5 Å². The van der Waals surface area contributed by atoms with E-state index >= 15 is 0 Å². The highest BCUT2D eigenvalue weighted by atomic mass is 35.5. The van der Waals surface area contributed by atoms with Crippen molar-refractivity contribution in [3.05, 3.63) is 101 Å². The number of anilines is 2. The normalized spacial score (nSPS) is 10.5. The first-order valence-electron chi connectivity index (χ1n) is 9.43. The van der Waals surface area contributed by atoms with E-state index in [0.29, 0.717) is 22.0 Å². The quantitative estimate of drug-likeness (QED) is 0.359. The second-order valence-electron chi connectivity index (χ2n) is 6.67. The van der Waals surface area contributed by atoms with Gasteiger partial charge in [-0.25, -0.2) is 0 Å². The standard InChI is InChI=1S/C24H20ClN3O2S/c1-16-4-2-3-5-21(16)23(30)26-19-11-13-20(14-12-19)27-24(31)28-22(29)15-8-17-6-9-18(25)10-7-17/h2-15H,1H3,(H,26,30)(H2,27,28,29,31)/b15-8+. The largest absolute Gasteiger partial charge is 0.332 e. The van der Waals surface area contributed by atoms with Crippen molar-refractivity contribution in [1.29, 1.82) is 0 Å². The van der Waals surface area contributed by atoms with E-state index < -0.39 is 0 Å². The van der Waals surface area contributed by atoms with Gasteiger partial charge in [-0.2, -0.15) is 0 Å². The molecule has 3 N–H and O–H groups in total. The van der Waals surface area contributed by atoms with Crippen LogP contribution in [0, 0.1) is 6.92 Å². The van der Waals surface area contributed by atoms with E-state index in [-0.39, 0.29) is 16.9 Å². The average molecular weight is 450 g/mol. The van der Waals surface area contributed by atoms with Crippen molar-refractivity contribution in [2.75, 3.05) is 10.6 Å². The number of thiocarbonyl (C=S) groups is 1. The highest BCUT2D eigenvalue weighted by molar-refractivity contribution is 7.80. The number of benzene rings is 3. The fourth-order valence-electron chi connectivity index (χ4n) is 2.72. The smallest absolute Gasteiger partial charge is 0.255 e. The maximum absolute atomic E-state index is 12.4. The lowest BCUT2D eigenvalue weighted by atomic mass is 10.1. The molecule has 3 aromatic rings. The Kier molecular flexibility index (Phi) is 7.54. The molecule has 0 radical (unpaired) electrons. The number of carbonyl (C=O) groups excluding carboxylic acids is 2. The molecule has 31 heavy (non-hydrogen) atoms. The number of halogens is 1. The van der Waals surface area contributed by atoms with Gasteiger partial charge >= 0.3 is 0 Å². The number of carbonyl (C=O) groups is 2. The predicted molar refractivity (Wildman–Crippen MR) is 130 cm³/mol. The zero-order valence-electron chi connectivity index (χ0n) is 16.7. The van der Waals surface area contributed by atoms with Crippen molar-refractivity contribution in [3.63, 3.8) is 0 Å². The average Bonchev–Trinajstić information content (AvgIpc) is 2.75. The summed E-state index contributed by atoms with van der Waals surface area (Å²) in [4.78, 5) is 24.4. The number of aryl methyl sites for hydroxylation is 1. The Labute approximate surface area is 191 Å². The molecule has 0 spiro atoms.